The zero-order valence-electron chi connectivity index (χ0n) is 25.0. The van der Waals surface area contributed by atoms with E-state index in [0.29, 0.717) is 39.7 Å². The highest BCUT2D eigenvalue weighted by Crippen LogP contribution is 2.34. The van der Waals surface area contributed by atoms with Crippen LogP contribution in [-0.2, 0) is 6.61 Å². The molecule has 0 aliphatic heterocycles. The third-order valence-electron chi connectivity index (χ3n) is 7.74. The summed E-state index contributed by atoms with van der Waals surface area (Å²) in [6.45, 7) is 6.55. The second kappa shape index (κ2) is 12.3. The van der Waals surface area contributed by atoms with E-state index in [2.05, 4.69) is 38.1 Å². The fourth-order valence-electron chi connectivity index (χ4n) is 5.42. The summed E-state index contributed by atoms with van der Waals surface area (Å²) in [4.78, 5) is 18.8. The van der Waals surface area contributed by atoms with Gasteiger partial charge in [0.05, 0.1) is 24.2 Å². The summed E-state index contributed by atoms with van der Waals surface area (Å²) in [5, 5.41) is 8.00. The number of rotatable bonds is 8. The van der Waals surface area contributed by atoms with Crippen molar-refractivity contribution in [3.05, 3.63) is 135 Å². The Morgan fingerprint density at radius 1 is 0.909 bits per heavy atom. The largest absolute Gasteiger partial charge is 0.496 e. The van der Waals surface area contributed by atoms with Gasteiger partial charge in [-0.15, -0.1) is 0 Å². The Morgan fingerprint density at radius 3 is 2.45 bits per heavy atom. The Morgan fingerprint density at radius 2 is 1.66 bits per heavy atom. The quantitative estimate of drug-likeness (QED) is 0.164. The lowest BCUT2D eigenvalue weighted by molar-refractivity contribution is 0.307. The van der Waals surface area contributed by atoms with E-state index in [4.69, 9.17) is 31.2 Å². The molecule has 5 aromatic carbocycles. The van der Waals surface area contributed by atoms with Crippen LogP contribution in [0.25, 0.3) is 33.1 Å². The van der Waals surface area contributed by atoms with Crippen molar-refractivity contribution in [2.75, 3.05) is 7.11 Å². The van der Waals surface area contributed by atoms with Gasteiger partial charge in [-0.05, 0) is 82.8 Å². The van der Waals surface area contributed by atoms with Gasteiger partial charge in [-0.1, -0.05) is 80.0 Å². The van der Waals surface area contributed by atoms with Gasteiger partial charge in [-0.3, -0.25) is 4.79 Å². The maximum absolute atomic E-state index is 13.9. The third kappa shape index (κ3) is 5.69. The number of benzene rings is 5. The molecule has 0 aliphatic rings. The number of ether oxygens (including phenoxy) is 2. The summed E-state index contributed by atoms with van der Waals surface area (Å²) in [7, 11) is 1.67. The van der Waals surface area contributed by atoms with E-state index in [1.807, 2.05) is 61.5 Å². The topological polar surface area (TPSA) is 65.7 Å². The van der Waals surface area contributed by atoms with Gasteiger partial charge in [0.1, 0.15) is 18.1 Å². The van der Waals surface area contributed by atoms with Crippen LogP contribution in [0, 0.1) is 6.92 Å². The average Bonchev–Trinajstić information content (AvgIpc) is 3.03. The van der Waals surface area contributed by atoms with Crippen molar-refractivity contribution in [2.24, 2.45) is 5.10 Å². The molecule has 6 aromatic rings. The third-order valence-corrected chi connectivity index (χ3v) is 7.98. The van der Waals surface area contributed by atoms with Crippen molar-refractivity contribution in [3.8, 4) is 22.9 Å². The number of aromatic nitrogens is 2. The van der Waals surface area contributed by atoms with Gasteiger partial charge in [0.2, 0.25) is 0 Å². The molecule has 0 aliphatic carbocycles. The smallest absolute Gasteiger partial charge is 0.282 e. The van der Waals surface area contributed by atoms with Crippen molar-refractivity contribution in [1.29, 1.82) is 0 Å². The molecule has 220 valence electrons. The molecular formula is C37H32ClN3O3. The minimum Gasteiger partial charge on any atom is -0.496 e. The normalized spacial score (nSPS) is 11.6. The highest BCUT2D eigenvalue weighted by atomic mass is 35.5. The van der Waals surface area contributed by atoms with E-state index >= 15 is 0 Å². The molecule has 0 radical (unpaired) electrons. The maximum Gasteiger partial charge on any atom is 0.282 e. The fraction of sp³-hybridized carbons (Fsp3) is 0.162. The standard InChI is InChI=1S/C37H32ClN3O3/c1-23(2)31-20-32(24(3)18-35(31)43-4)36-40-33-15-8-7-14-30(33)37(42)41(36)39-21-27-19-28(38)16-17-34(27)44-22-26-12-9-11-25-10-5-6-13-29(25)26/h5-21,23H,22H2,1-4H3. The van der Waals surface area contributed by atoms with Gasteiger partial charge in [0.25, 0.3) is 5.56 Å². The molecule has 0 fully saturated rings. The average molecular weight is 602 g/mol. The number of methoxy groups -OCH3 is 1. The van der Waals surface area contributed by atoms with Crippen molar-refractivity contribution in [1.82, 2.24) is 9.66 Å². The molecule has 0 atom stereocenters. The maximum atomic E-state index is 13.9. The van der Waals surface area contributed by atoms with Crippen molar-refractivity contribution in [3.63, 3.8) is 0 Å². The first-order chi connectivity index (χ1) is 21.3. The van der Waals surface area contributed by atoms with Crippen LogP contribution in [0.2, 0.25) is 5.02 Å². The van der Waals surface area contributed by atoms with Crippen LogP contribution in [-0.4, -0.2) is 23.0 Å². The summed E-state index contributed by atoms with van der Waals surface area (Å²) in [5.41, 5.74) is 4.76. The van der Waals surface area contributed by atoms with Crippen molar-refractivity contribution in [2.45, 2.75) is 33.3 Å². The molecule has 6 nitrogen and oxygen atoms in total. The molecule has 6 rings (SSSR count). The second-order valence-electron chi connectivity index (χ2n) is 11.0. The van der Waals surface area contributed by atoms with Crippen molar-refractivity contribution < 1.29 is 9.47 Å². The molecule has 44 heavy (non-hydrogen) atoms. The minimum absolute atomic E-state index is 0.196. The van der Waals surface area contributed by atoms with Gasteiger partial charge in [0.15, 0.2) is 5.82 Å². The van der Waals surface area contributed by atoms with Gasteiger partial charge in [0, 0.05) is 16.1 Å². The van der Waals surface area contributed by atoms with Gasteiger partial charge < -0.3 is 9.47 Å². The van der Waals surface area contributed by atoms with Gasteiger partial charge in [-0.25, -0.2) is 4.98 Å². The lowest BCUT2D eigenvalue weighted by Crippen LogP contribution is -2.21. The number of hydrogen-bond acceptors (Lipinski definition) is 5. The highest BCUT2D eigenvalue weighted by molar-refractivity contribution is 6.30. The fourth-order valence-corrected chi connectivity index (χ4v) is 5.60. The molecule has 0 N–H and O–H groups in total. The molecule has 7 heteroatoms. The van der Waals surface area contributed by atoms with Gasteiger partial charge in [-0.2, -0.15) is 9.78 Å². The Labute approximate surface area is 261 Å². The summed E-state index contributed by atoms with van der Waals surface area (Å²) < 4.78 is 13.3. The van der Waals surface area contributed by atoms with Gasteiger partial charge >= 0.3 is 0 Å². The Bertz CT molecular complexity index is 2090. The molecule has 0 spiro atoms. The molecule has 1 aromatic heterocycles. The second-order valence-corrected chi connectivity index (χ2v) is 11.4. The first-order valence-corrected chi connectivity index (χ1v) is 14.9. The van der Waals surface area contributed by atoms with Crippen LogP contribution < -0.4 is 15.0 Å². The lowest BCUT2D eigenvalue weighted by atomic mass is 9.96. The van der Waals surface area contributed by atoms with Crippen LogP contribution in [0.3, 0.4) is 0 Å². The molecule has 0 amide bonds. The Hall–Kier alpha value is -4.94. The number of aryl methyl sites for hydroxylation is 1. The monoisotopic (exact) mass is 601 g/mol. The summed E-state index contributed by atoms with van der Waals surface area (Å²) in [5.74, 6) is 2.03. The SMILES string of the molecule is COc1cc(C)c(-c2nc3ccccc3c(=O)n2N=Cc2cc(Cl)ccc2OCc2cccc3ccccc23)cc1C(C)C. The first-order valence-electron chi connectivity index (χ1n) is 14.5. The molecule has 0 saturated heterocycles. The van der Waals surface area contributed by atoms with E-state index in [1.165, 1.54) is 4.68 Å². The van der Waals surface area contributed by atoms with Crippen LogP contribution in [0.5, 0.6) is 11.5 Å². The molecular weight excluding hydrogens is 570 g/mol. The zero-order chi connectivity index (χ0) is 30.8. The van der Waals surface area contributed by atoms with Crippen LogP contribution in [0.15, 0.2) is 107 Å². The summed E-state index contributed by atoms with van der Waals surface area (Å²) in [6.07, 6.45) is 1.61. The molecule has 1 heterocycles. The Kier molecular flexibility index (Phi) is 8.18. The summed E-state index contributed by atoms with van der Waals surface area (Å²) in [6, 6.07) is 31.1. The van der Waals surface area contributed by atoms with Crippen LogP contribution in [0.4, 0.5) is 0 Å². The minimum atomic E-state index is -0.275. The molecule has 0 saturated carbocycles. The van der Waals surface area contributed by atoms with E-state index in [9.17, 15) is 4.79 Å². The zero-order valence-corrected chi connectivity index (χ0v) is 25.8. The van der Waals surface area contributed by atoms with Crippen LogP contribution >= 0.6 is 11.6 Å². The molecule has 0 bridgehead atoms. The lowest BCUT2D eigenvalue weighted by Gasteiger charge is -2.17. The molecule has 0 unspecified atom stereocenters. The predicted octanol–water partition coefficient (Wildman–Crippen LogP) is 8.77. The predicted molar refractivity (Wildman–Crippen MR) is 180 cm³/mol. The van der Waals surface area contributed by atoms with E-state index < -0.39 is 0 Å². The number of fused-ring (bicyclic) bond motifs is 2. The van der Waals surface area contributed by atoms with Crippen molar-refractivity contribution >= 4 is 39.5 Å². The number of para-hydroxylation sites is 1. The first kappa shape index (κ1) is 29.1. The number of nitrogens with zero attached hydrogens (tertiary/aromatic N) is 3. The van der Waals surface area contributed by atoms with Crippen LogP contribution in [0.1, 0.15) is 42.0 Å². The number of halogens is 1. The van der Waals surface area contributed by atoms with E-state index in [1.54, 1.807) is 31.5 Å². The highest BCUT2D eigenvalue weighted by Gasteiger charge is 2.18. The summed E-state index contributed by atoms with van der Waals surface area (Å²) >= 11 is 6.42. The van der Waals surface area contributed by atoms with E-state index in [0.717, 1.165) is 38.8 Å². The Balaban J connectivity index is 1.45. The number of hydrogen-bond donors (Lipinski definition) is 0. The van der Waals surface area contributed by atoms with E-state index in [-0.39, 0.29) is 11.5 Å².